The summed E-state index contributed by atoms with van der Waals surface area (Å²) in [5.41, 5.74) is 1.93. The van der Waals surface area contributed by atoms with Gasteiger partial charge in [0.25, 0.3) is 0 Å². The molecular formula is C30H43NO3. The lowest BCUT2D eigenvalue weighted by Gasteiger charge is -2.35. The number of nitrogens with zero attached hydrogens (tertiary/aromatic N) is 1. The van der Waals surface area contributed by atoms with Gasteiger partial charge in [0.05, 0.1) is 6.04 Å². The zero-order valence-electron chi connectivity index (χ0n) is 21.1. The van der Waals surface area contributed by atoms with Gasteiger partial charge in [-0.15, -0.1) is 0 Å². The van der Waals surface area contributed by atoms with Crippen molar-refractivity contribution in [3.8, 4) is 11.5 Å². The van der Waals surface area contributed by atoms with Crippen LogP contribution in [0.25, 0.3) is 0 Å². The molecule has 186 valence electrons. The van der Waals surface area contributed by atoms with Crippen LogP contribution in [0, 0.1) is 0 Å². The van der Waals surface area contributed by atoms with E-state index in [0.717, 1.165) is 43.2 Å². The molecule has 1 aromatic rings. The average Bonchev–Trinajstić information content (AvgIpc) is 2.82. The number of phenolic OH excluding ortho intramolecular Hbond substituents is 2. The SMILES string of the molecule is CCCCC/C=C/C/C=C/C/C=C/C/C=C/CCCC(=O)N1CCc2cc(O)c(O)cc2C1C. The number of carbonyl (C=O) groups excluding carboxylic acids is 1. The Bertz CT molecular complexity index is 866. The predicted octanol–water partition coefficient (Wildman–Crippen LogP) is 7.69. The molecule has 0 aliphatic carbocycles. The fourth-order valence-electron chi connectivity index (χ4n) is 4.26. The van der Waals surface area contributed by atoms with E-state index in [0.29, 0.717) is 19.4 Å². The van der Waals surface area contributed by atoms with Crippen molar-refractivity contribution >= 4 is 5.91 Å². The fraction of sp³-hybridized carbons (Fsp3) is 0.500. The average molecular weight is 466 g/mol. The highest BCUT2D eigenvalue weighted by atomic mass is 16.3. The van der Waals surface area contributed by atoms with Crippen molar-refractivity contribution in [1.29, 1.82) is 0 Å². The van der Waals surface area contributed by atoms with Crippen LogP contribution in [0.5, 0.6) is 11.5 Å². The van der Waals surface area contributed by atoms with Crippen molar-refractivity contribution in [3.05, 3.63) is 71.9 Å². The second-order valence-electron chi connectivity index (χ2n) is 9.03. The smallest absolute Gasteiger partial charge is 0.223 e. The first-order chi connectivity index (χ1) is 16.5. The zero-order valence-corrected chi connectivity index (χ0v) is 21.1. The Morgan fingerprint density at radius 3 is 2.06 bits per heavy atom. The van der Waals surface area contributed by atoms with Gasteiger partial charge in [-0.25, -0.2) is 0 Å². The highest BCUT2D eigenvalue weighted by molar-refractivity contribution is 5.77. The Labute approximate surface area is 206 Å². The molecule has 1 aromatic carbocycles. The maximum absolute atomic E-state index is 12.7. The van der Waals surface area contributed by atoms with Crippen molar-refractivity contribution in [2.45, 2.75) is 90.5 Å². The van der Waals surface area contributed by atoms with Crippen molar-refractivity contribution < 1.29 is 15.0 Å². The maximum Gasteiger partial charge on any atom is 0.223 e. The van der Waals surface area contributed by atoms with Gasteiger partial charge < -0.3 is 15.1 Å². The lowest BCUT2D eigenvalue weighted by Crippen LogP contribution is -2.38. The summed E-state index contributed by atoms with van der Waals surface area (Å²) in [7, 11) is 0. The molecule has 1 aliphatic rings. The van der Waals surface area contributed by atoms with Crippen molar-refractivity contribution in [2.75, 3.05) is 6.54 Å². The van der Waals surface area contributed by atoms with Gasteiger partial charge >= 0.3 is 0 Å². The van der Waals surface area contributed by atoms with Crippen LogP contribution in [-0.2, 0) is 11.2 Å². The molecule has 0 radical (unpaired) electrons. The van der Waals surface area contributed by atoms with Gasteiger partial charge in [0.1, 0.15) is 0 Å². The number of phenols is 2. The number of carbonyl (C=O) groups is 1. The largest absolute Gasteiger partial charge is 0.504 e. The number of aromatic hydroxyl groups is 2. The molecule has 0 saturated carbocycles. The molecule has 0 aromatic heterocycles. The normalized spacial score (nSPS) is 16.4. The molecule has 0 fully saturated rings. The second-order valence-corrected chi connectivity index (χ2v) is 9.03. The van der Waals surface area contributed by atoms with Crippen LogP contribution in [-0.4, -0.2) is 27.6 Å². The monoisotopic (exact) mass is 465 g/mol. The molecule has 4 heteroatoms. The van der Waals surface area contributed by atoms with E-state index in [1.165, 1.54) is 25.7 Å². The molecule has 4 nitrogen and oxygen atoms in total. The molecule has 2 N–H and O–H groups in total. The number of amides is 1. The van der Waals surface area contributed by atoms with Crippen molar-refractivity contribution in [3.63, 3.8) is 0 Å². The van der Waals surface area contributed by atoms with Gasteiger partial charge in [-0.3, -0.25) is 4.79 Å². The number of rotatable bonds is 14. The molecule has 1 amide bonds. The second kappa shape index (κ2) is 16.0. The summed E-state index contributed by atoms with van der Waals surface area (Å²) < 4.78 is 0. The molecule has 1 atom stereocenters. The van der Waals surface area contributed by atoms with Crippen LogP contribution in [0.3, 0.4) is 0 Å². The summed E-state index contributed by atoms with van der Waals surface area (Å²) in [5, 5.41) is 19.5. The molecule has 0 bridgehead atoms. The minimum atomic E-state index is -0.125. The van der Waals surface area contributed by atoms with E-state index >= 15 is 0 Å². The number of benzene rings is 1. The van der Waals surface area contributed by atoms with Crippen molar-refractivity contribution in [2.24, 2.45) is 0 Å². The first-order valence-electron chi connectivity index (χ1n) is 13.0. The summed E-state index contributed by atoms with van der Waals surface area (Å²) in [6, 6.07) is 3.12. The van der Waals surface area contributed by atoms with Crippen molar-refractivity contribution in [1.82, 2.24) is 4.90 Å². The van der Waals surface area contributed by atoms with Crippen LogP contribution in [0.4, 0.5) is 0 Å². The highest BCUT2D eigenvalue weighted by Crippen LogP contribution is 2.37. The Kier molecular flexibility index (Phi) is 12.9. The molecule has 34 heavy (non-hydrogen) atoms. The number of unbranched alkanes of at least 4 members (excludes halogenated alkanes) is 4. The molecule has 0 saturated heterocycles. The standard InChI is InChI=1S/C30H43NO3/c1-3-4-5-6-7-8-9-10-11-12-13-14-15-16-17-18-19-20-30(34)31-22-21-26-23-28(32)29(33)24-27(26)25(31)2/h7-8,10-11,13-14,16-17,23-25,32-33H,3-6,9,12,15,18-22H2,1-2H3/b8-7+,11-10+,14-13+,17-16+. The quantitative estimate of drug-likeness (QED) is 0.168. The number of allylic oxidation sites excluding steroid dienone is 8. The predicted molar refractivity (Wildman–Crippen MR) is 142 cm³/mol. The van der Waals surface area contributed by atoms with Gasteiger partial charge in [0.15, 0.2) is 11.5 Å². The molecule has 0 spiro atoms. The van der Waals surface area contributed by atoms with Gasteiger partial charge in [-0.05, 0) is 81.5 Å². The van der Waals surface area contributed by atoms with E-state index in [2.05, 4.69) is 55.5 Å². The van der Waals surface area contributed by atoms with Crippen LogP contribution in [0.15, 0.2) is 60.7 Å². The van der Waals surface area contributed by atoms with E-state index in [4.69, 9.17) is 0 Å². The lowest BCUT2D eigenvalue weighted by atomic mass is 9.92. The summed E-state index contributed by atoms with van der Waals surface area (Å²) in [5.74, 6) is -0.0632. The summed E-state index contributed by atoms with van der Waals surface area (Å²) >= 11 is 0. The Morgan fingerprint density at radius 2 is 1.44 bits per heavy atom. The van der Waals surface area contributed by atoms with Gasteiger partial charge in [-0.2, -0.15) is 0 Å². The Hall–Kier alpha value is -2.75. The van der Waals surface area contributed by atoms with E-state index in [1.54, 1.807) is 12.1 Å². The first kappa shape index (κ1) is 27.5. The maximum atomic E-state index is 12.7. The summed E-state index contributed by atoms with van der Waals surface area (Å²) in [6.07, 6.45) is 28.7. The first-order valence-corrected chi connectivity index (χ1v) is 13.0. The van der Waals surface area contributed by atoms with Crippen LogP contribution in [0.2, 0.25) is 0 Å². The van der Waals surface area contributed by atoms with E-state index in [1.807, 2.05) is 11.8 Å². The van der Waals surface area contributed by atoms with E-state index in [9.17, 15) is 15.0 Å². The van der Waals surface area contributed by atoms with Crippen LogP contribution >= 0.6 is 0 Å². The van der Waals surface area contributed by atoms with Gasteiger partial charge in [0.2, 0.25) is 5.91 Å². The molecule has 1 heterocycles. The third-order valence-electron chi connectivity index (χ3n) is 6.32. The number of hydrogen-bond acceptors (Lipinski definition) is 3. The van der Waals surface area contributed by atoms with Gasteiger partial charge in [0, 0.05) is 13.0 Å². The van der Waals surface area contributed by atoms with Crippen LogP contribution in [0.1, 0.15) is 95.2 Å². The number of hydrogen-bond donors (Lipinski definition) is 2. The minimum Gasteiger partial charge on any atom is -0.504 e. The van der Waals surface area contributed by atoms with E-state index in [-0.39, 0.29) is 23.4 Å². The molecular weight excluding hydrogens is 422 g/mol. The Morgan fingerprint density at radius 1 is 0.882 bits per heavy atom. The van der Waals surface area contributed by atoms with Crippen LogP contribution < -0.4 is 0 Å². The fourth-order valence-corrected chi connectivity index (χ4v) is 4.26. The lowest BCUT2D eigenvalue weighted by molar-refractivity contribution is -0.133. The topological polar surface area (TPSA) is 60.8 Å². The third kappa shape index (κ3) is 9.62. The third-order valence-corrected chi connectivity index (χ3v) is 6.32. The summed E-state index contributed by atoms with van der Waals surface area (Å²) in [4.78, 5) is 14.6. The minimum absolute atomic E-state index is 0.0840. The highest BCUT2D eigenvalue weighted by Gasteiger charge is 2.28. The Balaban J connectivity index is 1.56. The zero-order chi connectivity index (χ0) is 24.6. The summed E-state index contributed by atoms with van der Waals surface area (Å²) in [6.45, 7) is 4.87. The molecule has 2 rings (SSSR count). The molecule has 1 aliphatic heterocycles. The van der Waals surface area contributed by atoms with Gasteiger partial charge in [-0.1, -0.05) is 68.4 Å². The van der Waals surface area contributed by atoms with E-state index < -0.39 is 0 Å². The number of fused-ring (bicyclic) bond motifs is 1. The molecule has 1 unspecified atom stereocenters.